The minimum absolute atomic E-state index is 0.00520. The summed E-state index contributed by atoms with van der Waals surface area (Å²) in [4.78, 5) is 45.1. The van der Waals surface area contributed by atoms with E-state index >= 15 is 0 Å². The molecule has 1 saturated carbocycles. The van der Waals surface area contributed by atoms with Gasteiger partial charge in [0.05, 0.1) is 6.07 Å². The summed E-state index contributed by atoms with van der Waals surface area (Å²) in [7, 11) is 0. The Kier molecular flexibility index (Phi) is 6.08. The van der Waals surface area contributed by atoms with E-state index in [0.29, 0.717) is 12.1 Å². The van der Waals surface area contributed by atoms with Crippen LogP contribution >= 0.6 is 0 Å². The number of hydrogen-bond donors (Lipinski definition) is 2. The quantitative estimate of drug-likeness (QED) is 0.690. The number of nitrogens with zero attached hydrogens (tertiary/aromatic N) is 3. The number of likely N-dealkylation sites (tertiary alicyclic amines) is 1. The van der Waals surface area contributed by atoms with E-state index < -0.39 is 23.5 Å². The average molecular weight is 476 g/mol. The molecule has 0 bridgehead atoms. The zero-order valence-corrected chi connectivity index (χ0v) is 21.1. The van der Waals surface area contributed by atoms with Gasteiger partial charge in [-0.15, -0.1) is 0 Å². The van der Waals surface area contributed by atoms with Crippen molar-refractivity contribution in [3.63, 3.8) is 0 Å². The molecule has 2 aromatic rings. The summed E-state index contributed by atoms with van der Waals surface area (Å²) in [6.45, 7) is 11.7. The maximum absolute atomic E-state index is 13.7. The van der Waals surface area contributed by atoms with Crippen molar-refractivity contribution in [2.45, 2.75) is 59.7 Å². The van der Waals surface area contributed by atoms with Crippen LogP contribution in [-0.2, 0) is 14.4 Å². The third kappa shape index (κ3) is 4.36. The molecule has 5 unspecified atom stereocenters. The van der Waals surface area contributed by atoms with Crippen molar-refractivity contribution in [2.75, 3.05) is 6.54 Å². The molecule has 2 heterocycles. The second-order valence-electron chi connectivity index (χ2n) is 11.4. The van der Waals surface area contributed by atoms with E-state index in [-0.39, 0.29) is 35.0 Å². The number of nitrogens with one attached hydrogen (secondary N) is 2. The molecule has 3 amide bonds. The Morgan fingerprint density at radius 1 is 1.17 bits per heavy atom. The second kappa shape index (κ2) is 8.63. The van der Waals surface area contributed by atoms with Gasteiger partial charge in [0, 0.05) is 36.8 Å². The number of nitriles is 1. The predicted molar refractivity (Wildman–Crippen MR) is 132 cm³/mol. The highest BCUT2D eigenvalue weighted by Crippen LogP contribution is 2.65. The highest BCUT2D eigenvalue weighted by molar-refractivity contribution is 5.94. The molecular weight excluding hydrogens is 442 g/mol. The van der Waals surface area contributed by atoms with Gasteiger partial charge in [-0.25, -0.2) is 0 Å². The lowest BCUT2D eigenvalue weighted by molar-refractivity contribution is -0.145. The number of rotatable bonds is 5. The highest BCUT2D eigenvalue weighted by Gasteiger charge is 2.69. The Labute approximate surface area is 206 Å². The smallest absolute Gasteiger partial charge is 0.246 e. The van der Waals surface area contributed by atoms with Gasteiger partial charge in [-0.2, -0.15) is 5.26 Å². The lowest BCUT2D eigenvalue weighted by atomic mass is 9.85. The van der Waals surface area contributed by atoms with Gasteiger partial charge in [0.2, 0.25) is 17.7 Å². The number of piperidine rings is 1. The van der Waals surface area contributed by atoms with Crippen molar-refractivity contribution in [1.82, 2.24) is 20.5 Å². The molecule has 1 aromatic carbocycles. The van der Waals surface area contributed by atoms with Crippen LogP contribution in [0.5, 0.6) is 0 Å². The van der Waals surface area contributed by atoms with Gasteiger partial charge in [-0.1, -0.05) is 58.9 Å². The van der Waals surface area contributed by atoms with E-state index in [1.165, 1.54) is 6.92 Å². The van der Waals surface area contributed by atoms with E-state index in [0.717, 1.165) is 10.8 Å². The van der Waals surface area contributed by atoms with Crippen LogP contribution in [0, 0.1) is 34.0 Å². The molecule has 0 spiro atoms. The third-order valence-electron chi connectivity index (χ3n) is 7.65. The summed E-state index contributed by atoms with van der Waals surface area (Å²) in [5.41, 5.74) is 0.00973. The maximum atomic E-state index is 13.7. The van der Waals surface area contributed by atoms with E-state index in [1.807, 2.05) is 45.0 Å². The minimum Gasteiger partial charge on any atom is -0.344 e. The van der Waals surface area contributed by atoms with Gasteiger partial charge in [0.25, 0.3) is 0 Å². The number of pyridine rings is 1. The van der Waals surface area contributed by atoms with E-state index in [2.05, 4.69) is 35.5 Å². The molecule has 0 radical (unpaired) electrons. The first-order valence-electron chi connectivity index (χ1n) is 12.0. The van der Waals surface area contributed by atoms with Crippen molar-refractivity contribution >= 4 is 28.5 Å². The van der Waals surface area contributed by atoms with Crippen molar-refractivity contribution in [3.05, 3.63) is 42.2 Å². The molecule has 5 atom stereocenters. The number of amides is 3. The zero-order valence-electron chi connectivity index (χ0n) is 21.1. The largest absolute Gasteiger partial charge is 0.344 e. The zero-order chi connectivity index (χ0) is 25.7. The molecule has 35 heavy (non-hydrogen) atoms. The van der Waals surface area contributed by atoms with Crippen LogP contribution in [0.25, 0.3) is 10.8 Å². The summed E-state index contributed by atoms with van der Waals surface area (Å²) in [6.07, 6.45) is 3.32. The second-order valence-corrected chi connectivity index (χ2v) is 11.4. The topological polar surface area (TPSA) is 115 Å². The first kappa shape index (κ1) is 24.6. The fraction of sp³-hybridized carbons (Fsp3) is 0.519. The molecule has 184 valence electrons. The van der Waals surface area contributed by atoms with Crippen molar-refractivity contribution in [2.24, 2.45) is 22.7 Å². The van der Waals surface area contributed by atoms with E-state index in [4.69, 9.17) is 0 Å². The molecule has 1 saturated heterocycles. The summed E-state index contributed by atoms with van der Waals surface area (Å²) in [5, 5.41) is 17.4. The molecule has 4 rings (SSSR count). The SMILES string of the molecule is CC(=O)NC(C(=O)N1CC2C(C1C(=O)NC(C#N)c1cncc3ccccc13)C2(C)C)C(C)(C)C. The molecule has 1 aliphatic heterocycles. The fourth-order valence-electron chi connectivity index (χ4n) is 5.61. The normalized spacial score (nSPS) is 24.1. The van der Waals surface area contributed by atoms with Crippen LogP contribution < -0.4 is 10.6 Å². The first-order valence-corrected chi connectivity index (χ1v) is 12.0. The van der Waals surface area contributed by atoms with Gasteiger partial charge in [-0.3, -0.25) is 19.4 Å². The number of benzene rings is 1. The van der Waals surface area contributed by atoms with Crippen LogP contribution in [0.3, 0.4) is 0 Å². The number of carbonyl (C=O) groups is 3. The van der Waals surface area contributed by atoms with Gasteiger partial charge < -0.3 is 15.5 Å². The van der Waals surface area contributed by atoms with Gasteiger partial charge in [-0.05, 0) is 28.1 Å². The van der Waals surface area contributed by atoms with Gasteiger partial charge in [0.1, 0.15) is 18.1 Å². The molecular formula is C27H33N5O3. The van der Waals surface area contributed by atoms with Crippen LogP contribution in [-0.4, -0.2) is 46.2 Å². The number of fused-ring (bicyclic) bond motifs is 2. The third-order valence-corrected chi connectivity index (χ3v) is 7.65. The van der Waals surface area contributed by atoms with Crippen molar-refractivity contribution < 1.29 is 14.4 Å². The van der Waals surface area contributed by atoms with E-state index in [1.54, 1.807) is 17.3 Å². The van der Waals surface area contributed by atoms with Crippen LogP contribution in [0.15, 0.2) is 36.7 Å². The van der Waals surface area contributed by atoms with Gasteiger partial charge in [0.15, 0.2) is 0 Å². The number of aromatic nitrogens is 1. The maximum Gasteiger partial charge on any atom is 0.246 e. The molecule has 2 fully saturated rings. The number of carbonyl (C=O) groups excluding carboxylic acids is 3. The van der Waals surface area contributed by atoms with Crippen LogP contribution in [0.4, 0.5) is 0 Å². The molecule has 8 heteroatoms. The average Bonchev–Trinajstić information content (AvgIpc) is 3.12. The monoisotopic (exact) mass is 475 g/mol. The Morgan fingerprint density at radius 3 is 2.49 bits per heavy atom. The first-order chi connectivity index (χ1) is 16.4. The molecule has 1 aromatic heterocycles. The Hall–Kier alpha value is -3.47. The lowest BCUT2D eigenvalue weighted by Gasteiger charge is -2.37. The Morgan fingerprint density at radius 2 is 1.86 bits per heavy atom. The summed E-state index contributed by atoms with van der Waals surface area (Å²) < 4.78 is 0. The van der Waals surface area contributed by atoms with Crippen molar-refractivity contribution in [3.8, 4) is 6.07 Å². The summed E-state index contributed by atoms with van der Waals surface area (Å²) >= 11 is 0. The van der Waals surface area contributed by atoms with Crippen molar-refractivity contribution in [1.29, 1.82) is 5.26 Å². The summed E-state index contributed by atoms with van der Waals surface area (Å²) in [6, 6.07) is 7.40. The molecule has 2 aliphatic rings. The van der Waals surface area contributed by atoms with E-state index in [9.17, 15) is 19.6 Å². The molecule has 1 aliphatic carbocycles. The molecule has 2 N–H and O–H groups in total. The van der Waals surface area contributed by atoms with Gasteiger partial charge >= 0.3 is 0 Å². The predicted octanol–water partition coefficient (Wildman–Crippen LogP) is 2.95. The minimum atomic E-state index is -0.910. The lowest BCUT2D eigenvalue weighted by Crippen LogP contribution is -2.59. The highest BCUT2D eigenvalue weighted by atomic mass is 16.2. The Bertz CT molecular complexity index is 1220. The standard InChI is InChI=1S/C27H33N5O3/c1-15(33)30-23(26(2,3)4)25(35)32-14-19-21(27(19,5)6)22(32)24(34)31-20(11-28)18-13-29-12-16-9-7-8-10-17(16)18/h7-10,12-13,19-23H,14H2,1-6H3,(H,30,33)(H,31,34). The van der Waals surface area contributed by atoms with Crippen LogP contribution in [0.2, 0.25) is 0 Å². The summed E-state index contributed by atoms with van der Waals surface area (Å²) in [5.74, 6) is -0.728. The fourth-order valence-corrected chi connectivity index (χ4v) is 5.61. The Balaban J connectivity index is 1.63. The number of hydrogen-bond acceptors (Lipinski definition) is 5. The van der Waals surface area contributed by atoms with Crippen LogP contribution in [0.1, 0.15) is 53.1 Å². The molecule has 8 nitrogen and oxygen atoms in total.